The molecule has 2 unspecified atom stereocenters. The van der Waals surface area contributed by atoms with Gasteiger partial charge in [0.15, 0.2) is 6.61 Å². The van der Waals surface area contributed by atoms with Crippen LogP contribution >= 0.6 is 0 Å². The molecule has 2 N–H and O–H groups in total. The number of para-hydroxylation sites is 1. The van der Waals surface area contributed by atoms with Crippen LogP contribution < -0.4 is 15.4 Å². The number of nitrogens with zero attached hydrogens (tertiary/aromatic N) is 1. The summed E-state index contributed by atoms with van der Waals surface area (Å²) >= 11 is 0. The van der Waals surface area contributed by atoms with E-state index in [1.54, 1.807) is 14.1 Å². The molecule has 6 nitrogen and oxygen atoms in total. The Morgan fingerprint density at radius 2 is 1.93 bits per heavy atom. The molecule has 1 aromatic rings. The molecule has 1 heterocycles. The molecular formula is C22H35N3O3. The fourth-order valence-electron chi connectivity index (χ4n) is 3.69. The van der Waals surface area contributed by atoms with Crippen molar-refractivity contribution in [2.24, 2.45) is 11.8 Å². The second-order valence-electron chi connectivity index (χ2n) is 7.91. The van der Waals surface area contributed by atoms with E-state index in [4.69, 9.17) is 4.74 Å². The lowest BCUT2D eigenvalue weighted by Gasteiger charge is -2.28. The predicted octanol–water partition coefficient (Wildman–Crippen LogP) is 2.75. The largest absolute Gasteiger partial charge is 0.483 e. The number of piperidine rings is 1. The molecule has 0 bridgehead atoms. The highest BCUT2D eigenvalue weighted by Gasteiger charge is 2.24. The molecule has 0 radical (unpaired) electrons. The van der Waals surface area contributed by atoms with Crippen LogP contribution in [0, 0.1) is 11.8 Å². The number of hydrogen-bond donors (Lipinski definition) is 2. The summed E-state index contributed by atoms with van der Waals surface area (Å²) in [6.45, 7) is 6.31. The highest BCUT2D eigenvalue weighted by molar-refractivity contribution is 5.77. The average molecular weight is 390 g/mol. The molecule has 1 aromatic carbocycles. The summed E-state index contributed by atoms with van der Waals surface area (Å²) in [5.74, 6) is 1.62. The van der Waals surface area contributed by atoms with Crippen molar-refractivity contribution in [2.75, 3.05) is 33.8 Å². The molecule has 0 spiro atoms. The third-order valence-corrected chi connectivity index (χ3v) is 5.58. The third-order valence-electron chi connectivity index (χ3n) is 5.58. The van der Waals surface area contributed by atoms with Gasteiger partial charge in [0.1, 0.15) is 5.75 Å². The Morgan fingerprint density at radius 1 is 1.25 bits per heavy atom. The van der Waals surface area contributed by atoms with Crippen molar-refractivity contribution in [1.29, 1.82) is 0 Å². The van der Waals surface area contributed by atoms with Crippen molar-refractivity contribution >= 4 is 11.8 Å². The zero-order chi connectivity index (χ0) is 20.5. The fraction of sp³-hybridized carbons (Fsp3) is 0.636. The highest BCUT2D eigenvalue weighted by atomic mass is 16.5. The predicted molar refractivity (Wildman–Crippen MR) is 111 cm³/mol. The van der Waals surface area contributed by atoms with E-state index >= 15 is 0 Å². The maximum atomic E-state index is 12.7. The van der Waals surface area contributed by atoms with Crippen LogP contribution in [0.15, 0.2) is 24.3 Å². The van der Waals surface area contributed by atoms with E-state index in [0.717, 1.165) is 37.9 Å². The molecule has 156 valence electrons. The summed E-state index contributed by atoms with van der Waals surface area (Å²) in [6, 6.07) is 7.50. The van der Waals surface area contributed by atoms with Crippen molar-refractivity contribution in [1.82, 2.24) is 15.5 Å². The summed E-state index contributed by atoms with van der Waals surface area (Å²) in [5.41, 5.74) is 0.916. The van der Waals surface area contributed by atoms with Crippen molar-refractivity contribution in [2.45, 2.75) is 45.6 Å². The lowest BCUT2D eigenvalue weighted by atomic mass is 9.84. The number of likely N-dealkylation sites (N-methyl/N-ethyl adjacent to an activating group) is 1. The minimum Gasteiger partial charge on any atom is -0.483 e. The van der Waals surface area contributed by atoms with Gasteiger partial charge in [0, 0.05) is 26.1 Å². The van der Waals surface area contributed by atoms with Crippen LogP contribution in [0.5, 0.6) is 5.75 Å². The lowest BCUT2D eigenvalue weighted by molar-refractivity contribution is -0.130. The Morgan fingerprint density at radius 3 is 2.57 bits per heavy atom. The Labute approximate surface area is 169 Å². The smallest absolute Gasteiger partial charge is 0.259 e. The average Bonchev–Trinajstić information content (AvgIpc) is 2.71. The SMILES string of the molecule is CCC(NC(=O)CC(C)C1CCNCC1)c1ccccc1OCC(=O)N(C)C. The van der Waals surface area contributed by atoms with Crippen molar-refractivity contribution in [3.63, 3.8) is 0 Å². The maximum Gasteiger partial charge on any atom is 0.259 e. The molecule has 1 aliphatic heterocycles. The van der Waals surface area contributed by atoms with Crippen LogP contribution in [0.2, 0.25) is 0 Å². The van der Waals surface area contributed by atoms with E-state index in [-0.39, 0.29) is 24.5 Å². The van der Waals surface area contributed by atoms with Crippen molar-refractivity contribution < 1.29 is 14.3 Å². The zero-order valence-electron chi connectivity index (χ0n) is 17.7. The zero-order valence-corrected chi connectivity index (χ0v) is 17.7. The fourth-order valence-corrected chi connectivity index (χ4v) is 3.69. The van der Waals surface area contributed by atoms with Gasteiger partial charge in [-0.25, -0.2) is 0 Å². The van der Waals surface area contributed by atoms with E-state index in [0.29, 0.717) is 24.0 Å². The Hall–Kier alpha value is -2.08. The molecule has 2 amide bonds. The van der Waals surface area contributed by atoms with Crippen molar-refractivity contribution in [3.05, 3.63) is 29.8 Å². The summed E-state index contributed by atoms with van der Waals surface area (Å²) in [6.07, 6.45) is 3.59. The summed E-state index contributed by atoms with van der Waals surface area (Å²) in [7, 11) is 3.41. The van der Waals surface area contributed by atoms with Crippen molar-refractivity contribution in [3.8, 4) is 5.75 Å². The van der Waals surface area contributed by atoms with Gasteiger partial charge in [-0.15, -0.1) is 0 Å². The van der Waals surface area contributed by atoms with Crippen LogP contribution in [-0.2, 0) is 9.59 Å². The van der Waals surface area contributed by atoms with Gasteiger partial charge < -0.3 is 20.3 Å². The van der Waals surface area contributed by atoms with Gasteiger partial charge in [0.2, 0.25) is 5.91 Å². The molecule has 28 heavy (non-hydrogen) atoms. The molecule has 1 aliphatic rings. The molecule has 0 aromatic heterocycles. The molecule has 2 rings (SSSR count). The van der Waals surface area contributed by atoms with E-state index < -0.39 is 0 Å². The first kappa shape index (κ1) is 22.2. The minimum atomic E-state index is -0.126. The third kappa shape index (κ3) is 6.51. The number of rotatable bonds is 9. The van der Waals surface area contributed by atoms with Gasteiger partial charge >= 0.3 is 0 Å². The second kappa shape index (κ2) is 11.1. The summed E-state index contributed by atoms with van der Waals surface area (Å²) < 4.78 is 5.75. The van der Waals surface area contributed by atoms with Crippen LogP contribution in [0.25, 0.3) is 0 Å². The number of nitrogens with one attached hydrogen (secondary N) is 2. The van der Waals surface area contributed by atoms with Crippen LogP contribution in [0.3, 0.4) is 0 Å². The number of benzene rings is 1. The second-order valence-corrected chi connectivity index (χ2v) is 7.91. The van der Waals surface area contributed by atoms with Gasteiger partial charge in [-0.05, 0) is 50.3 Å². The Kier molecular flexibility index (Phi) is 8.77. The Balaban J connectivity index is 1.98. The first-order valence-electron chi connectivity index (χ1n) is 10.3. The van der Waals surface area contributed by atoms with Gasteiger partial charge in [-0.1, -0.05) is 32.0 Å². The number of carbonyl (C=O) groups is 2. The van der Waals surface area contributed by atoms with Gasteiger partial charge in [-0.3, -0.25) is 9.59 Å². The topological polar surface area (TPSA) is 70.7 Å². The van der Waals surface area contributed by atoms with Gasteiger partial charge in [-0.2, -0.15) is 0 Å². The van der Waals surface area contributed by atoms with Gasteiger partial charge in [0.05, 0.1) is 6.04 Å². The normalized spacial score (nSPS) is 16.9. The van der Waals surface area contributed by atoms with Crippen LogP contribution in [0.4, 0.5) is 0 Å². The molecule has 6 heteroatoms. The summed E-state index contributed by atoms with van der Waals surface area (Å²) in [5, 5.41) is 6.55. The number of hydrogen-bond acceptors (Lipinski definition) is 4. The maximum absolute atomic E-state index is 12.7. The number of ether oxygens (including phenoxy) is 1. The molecule has 1 saturated heterocycles. The Bertz CT molecular complexity index is 642. The number of amides is 2. The highest BCUT2D eigenvalue weighted by Crippen LogP contribution is 2.28. The lowest BCUT2D eigenvalue weighted by Crippen LogP contribution is -2.34. The molecule has 1 fully saturated rings. The molecule has 0 aliphatic carbocycles. The van der Waals surface area contributed by atoms with Gasteiger partial charge in [0.25, 0.3) is 5.91 Å². The monoisotopic (exact) mass is 389 g/mol. The minimum absolute atomic E-state index is 0.0128. The first-order chi connectivity index (χ1) is 13.4. The van der Waals surface area contributed by atoms with Crippen LogP contribution in [0.1, 0.15) is 51.1 Å². The molecule has 0 saturated carbocycles. The van der Waals surface area contributed by atoms with E-state index in [1.807, 2.05) is 31.2 Å². The van der Waals surface area contributed by atoms with E-state index in [9.17, 15) is 9.59 Å². The van der Waals surface area contributed by atoms with E-state index in [2.05, 4.69) is 17.6 Å². The molecular weight excluding hydrogens is 354 g/mol. The number of carbonyl (C=O) groups excluding carboxylic acids is 2. The molecule has 2 atom stereocenters. The standard InChI is InChI=1S/C22H35N3O3/c1-5-19(24-21(26)14-16(2)17-10-12-23-13-11-17)18-8-6-7-9-20(18)28-15-22(27)25(3)4/h6-9,16-17,19,23H,5,10-15H2,1-4H3,(H,24,26). The first-order valence-corrected chi connectivity index (χ1v) is 10.3. The quantitative estimate of drug-likeness (QED) is 0.681. The van der Waals surface area contributed by atoms with Crippen LogP contribution in [-0.4, -0.2) is 50.5 Å². The van der Waals surface area contributed by atoms with E-state index in [1.165, 1.54) is 4.90 Å². The summed E-state index contributed by atoms with van der Waals surface area (Å²) in [4.78, 5) is 26.0.